The predicted octanol–water partition coefficient (Wildman–Crippen LogP) is 4.19. The summed E-state index contributed by atoms with van der Waals surface area (Å²) >= 11 is 0. The molecule has 29 heavy (non-hydrogen) atoms. The molecule has 0 saturated carbocycles. The van der Waals surface area contributed by atoms with E-state index in [-0.39, 0.29) is 11.9 Å². The Kier molecular flexibility index (Phi) is 6.80. The molecule has 1 saturated heterocycles. The molecule has 1 atom stereocenters. The van der Waals surface area contributed by atoms with Crippen LogP contribution in [0.1, 0.15) is 30.5 Å². The van der Waals surface area contributed by atoms with Crippen molar-refractivity contribution >= 4 is 23.0 Å². The molecule has 5 heteroatoms. The van der Waals surface area contributed by atoms with E-state index in [1.807, 2.05) is 32.9 Å². The Labute approximate surface area is 175 Å². The first-order valence-electron chi connectivity index (χ1n) is 10.6. The van der Waals surface area contributed by atoms with Gasteiger partial charge in [0.05, 0.1) is 0 Å². The number of nitrogens with one attached hydrogen (secondary N) is 2. The molecule has 0 aliphatic carbocycles. The lowest BCUT2D eigenvalue weighted by Gasteiger charge is -2.35. The SMILES string of the molecule is CCN1CCN(c2ccc(N[C@@H](C)C(=O)Nc3cc(C)ccc3C)c(C)c2)CC1. The number of amides is 1. The second-order valence-corrected chi connectivity index (χ2v) is 8.09. The highest BCUT2D eigenvalue weighted by Gasteiger charge is 2.18. The summed E-state index contributed by atoms with van der Waals surface area (Å²) in [5, 5.41) is 6.42. The van der Waals surface area contributed by atoms with Crippen LogP contribution >= 0.6 is 0 Å². The second-order valence-electron chi connectivity index (χ2n) is 8.09. The molecular formula is C24H34N4O. The van der Waals surface area contributed by atoms with Crippen LogP contribution in [0.25, 0.3) is 0 Å². The zero-order valence-corrected chi connectivity index (χ0v) is 18.4. The smallest absolute Gasteiger partial charge is 0.246 e. The first-order chi connectivity index (χ1) is 13.9. The van der Waals surface area contributed by atoms with Gasteiger partial charge in [-0.15, -0.1) is 0 Å². The highest BCUT2D eigenvalue weighted by atomic mass is 16.2. The predicted molar refractivity (Wildman–Crippen MR) is 123 cm³/mol. The van der Waals surface area contributed by atoms with Gasteiger partial charge in [-0.1, -0.05) is 19.1 Å². The molecule has 0 bridgehead atoms. The number of hydrogen-bond acceptors (Lipinski definition) is 4. The molecule has 1 fully saturated rings. The molecule has 0 radical (unpaired) electrons. The Balaban J connectivity index is 1.62. The number of hydrogen-bond donors (Lipinski definition) is 2. The fourth-order valence-electron chi connectivity index (χ4n) is 3.74. The molecule has 5 nitrogen and oxygen atoms in total. The van der Waals surface area contributed by atoms with Gasteiger partial charge >= 0.3 is 0 Å². The van der Waals surface area contributed by atoms with E-state index in [1.165, 1.54) is 5.69 Å². The molecule has 0 unspecified atom stereocenters. The topological polar surface area (TPSA) is 47.6 Å². The maximum Gasteiger partial charge on any atom is 0.246 e. The fraction of sp³-hybridized carbons (Fsp3) is 0.458. The second kappa shape index (κ2) is 9.31. The molecule has 0 spiro atoms. The van der Waals surface area contributed by atoms with Crippen LogP contribution < -0.4 is 15.5 Å². The standard InChI is InChI=1S/C24H34N4O/c1-6-27-11-13-28(14-12-27)21-9-10-22(19(4)16-21)25-20(5)24(29)26-23-15-17(2)7-8-18(23)3/h7-10,15-16,20,25H,6,11-14H2,1-5H3,(H,26,29)/t20-/m0/s1. The van der Waals surface area contributed by atoms with Gasteiger partial charge in [-0.25, -0.2) is 0 Å². The highest BCUT2D eigenvalue weighted by molar-refractivity contribution is 5.97. The molecule has 1 amide bonds. The van der Waals surface area contributed by atoms with Crippen LogP contribution in [-0.4, -0.2) is 49.6 Å². The van der Waals surface area contributed by atoms with Crippen LogP contribution in [0.15, 0.2) is 36.4 Å². The van der Waals surface area contributed by atoms with Crippen molar-refractivity contribution in [1.82, 2.24) is 4.90 Å². The number of anilines is 3. The molecule has 1 aliphatic heterocycles. The molecule has 1 aliphatic rings. The number of rotatable bonds is 6. The zero-order valence-electron chi connectivity index (χ0n) is 18.4. The Morgan fingerprint density at radius 3 is 2.34 bits per heavy atom. The number of carbonyl (C=O) groups is 1. The first-order valence-corrected chi connectivity index (χ1v) is 10.6. The van der Waals surface area contributed by atoms with E-state index in [0.717, 1.165) is 60.8 Å². The maximum absolute atomic E-state index is 12.7. The van der Waals surface area contributed by atoms with E-state index in [1.54, 1.807) is 0 Å². The van der Waals surface area contributed by atoms with Crippen molar-refractivity contribution in [3.05, 3.63) is 53.1 Å². The Morgan fingerprint density at radius 1 is 0.966 bits per heavy atom. The van der Waals surface area contributed by atoms with Crippen molar-refractivity contribution in [1.29, 1.82) is 0 Å². The third kappa shape index (κ3) is 5.30. The van der Waals surface area contributed by atoms with Crippen molar-refractivity contribution in [2.75, 3.05) is 48.3 Å². The highest BCUT2D eigenvalue weighted by Crippen LogP contribution is 2.25. The van der Waals surface area contributed by atoms with Crippen LogP contribution in [0.2, 0.25) is 0 Å². The minimum absolute atomic E-state index is 0.0298. The third-order valence-corrected chi connectivity index (χ3v) is 5.81. The summed E-state index contributed by atoms with van der Waals surface area (Å²) in [7, 11) is 0. The Bertz CT molecular complexity index is 856. The maximum atomic E-state index is 12.7. The van der Waals surface area contributed by atoms with E-state index >= 15 is 0 Å². The van der Waals surface area contributed by atoms with Gasteiger partial charge in [0.2, 0.25) is 5.91 Å². The lowest BCUT2D eigenvalue weighted by atomic mass is 10.1. The van der Waals surface area contributed by atoms with Gasteiger partial charge in [-0.3, -0.25) is 4.79 Å². The van der Waals surface area contributed by atoms with Crippen LogP contribution in [0.3, 0.4) is 0 Å². The quantitative estimate of drug-likeness (QED) is 0.771. The molecule has 2 N–H and O–H groups in total. The third-order valence-electron chi connectivity index (χ3n) is 5.81. The minimum atomic E-state index is -0.326. The summed E-state index contributed by atoms with van der Waals surface area (Å²) in [6.45, 7) is 15.7. The molecule has 2 aromatic rings. The Morgan fingerprint density at radius 2 is 1.69 bits per heavy atom. The molecule has 3 rings (SSSR count). The van der Waals surface area contributed by atoms with Crippen LogP contribution in [0, 0.1) is 20.8 Å². The summed E-state index contributed by atoms with van der Waals surface area (Å²) in [6.07, 6.45) is 0. The summed E-state index contributed by atoms with van der Waals surface area (Å²) in [5.74, 6) is -0.0298. The fourth-order valence-corrected chi connectivity index (χ4v) is 3.74. The average molecular weight is 395 g/mol. The molecule has 1 heterocycles. The summed E-state index contributed by atoms with van der Waals surface area (Å²) < 4.78 is 0. The normalized spacial score (nSPS) is 15.8. The molecule has 0 aromatic heterocycles. The van der Waals surface area contributed by atoms with Crippen LogP contribution in [0.5, 0.6) is 0 Å². The number of nitrogens with zero attached hydrogens (tertiary/aromatic N) is 2. The Hall–Kier alpha value is -2.53. The van der Waals surface area contributed by atoms with Crippen LogP contribution in [-0.2, 0) is 4.79 Å². The molecule has 2 aromatic carbocycles. The van der Waals surface area contributed by atoms with Gasteiger partial charge in [0, 0.05) is 43.2 Å². The van der Waals surface area contributed by atoms with Crippen molar-refractivity contribution in [2.24, 2.45) is 0 Å². The molecule has 156 valence electrons. The van der Waals surface area contributed by atoms with E-state index in [2.05, 4.69) is 58.5 Å². The van der Waals surface area contributed by atoms with E-state index < -0.39 is 0 Å². The zero-order chi connectivity index (χ0) is 21.0. The monoisotopic (exact) mass is 394 g/mol. The van der Waals surface area contributed by atoms with Gasteiger partial charge in [-0.05, 0) is 75.2 Å². The molecular weight excluding hydrogens is 360 g/mol. The van der Waals surface area contributed by atoms with Crippen molar-refractivity contribution < 1.29 is 4.79 Å². The summed E-state index contributed by atoms with van der Waals surface area (Å²) in [4.78, 5) is 17.6. The van der Waals surface area contributed by atoms with E-state index in [0.29, 0.717) is 0 Å². The van der Waals surface area contributed by atoms with Crippen molar-refractivity contribution in [2.45, 2.75) is 40.7 Å². The summed E-state index contributed by atoms with van der Waals surface area (Å²) in [5.41, 5.74) is 6.51. The average Bonchev–Trinajstić information content (AvgIpc) is 2.72. The minimum Gasteiger partial charge on any atom is -0.374 e. The summed E-state index contributed by atoms with van der Waals surface area (Å²) in [6, 6.07) is 12.3. The number of benzene rings is 2. The lowest BCUT2D eigenvalue weighted by molar-refractivity contribution is -0.116. The number of likely N-dealkylation sites (N-methyl/N-ethyl adjacent to an activating group) is 1. The largest absolute Gasteiger partial charge is 0.374 e. The number of piperazine rings is 1. The van der Waals surface area contributed by atoms with Gasteiger partial charge < -0.3 is 20.4 Å². The van der Waals surface area contributed by atoms with E-state index in [9.17, 15) is 4.79 Å². The van der Waals surface area contributed by atoms with Crippen molar-refractivity contribution in [3.63, 3.8) is 0 Å². The van der Waals surface area contributed by atoms with Crippen molar-refractivity contribution in [3.8, 4) is 0 Å². The number of carbonyl (C=O) groups excluding carboxylic acids is 1. The van der Waals surface area contributed by atoms with Crippen LogP contribution in [0.4, 0.5) is 17.1 Å². The van der Waals surface area contributed by atoms with Gasteiger partial charge in [0.25, 0.3) is 0 Å². The lowest BCUT2D eigenvalue weighted by Crippen LogP contribution is -2.46. The first kappa shape index (κ1) is 21.2. The number of aryl methyl sites for hydroxylation is 3. The van der Waals surface area contributed by atoms with Gasteiger partial charge in [0.1, 0.15) is 6.04 Å². The van der Waals surface area contributed by atoms with E-state index in [4.69, 9.17) is 0 Å². The van der Waals surface area contributed by atoms with Gasteiger partial charge in [-0.2, -0.15) is 0 Å². The van der Waals surface area contributed by atoms with Gasteiger partial charge in [0.15, 0.2) is 0 Å².